The van der Waals surface area contributed by atoms with Gasteiger partial charge in [-0.2, -0.15) is 0 Å². The maximum Gasteiger partial charge on any atom is 0.257 e. The van der Waals surface area contributed by atoms with Crippen molar-refractivity contribution >= 4 is 23.2 Å². The minimum absolute atomic E-state index is 0.0850. The predicted octanol–water partition coefficient (Wildman–Crippen LogP) is 2.03. The highest BCUT2D eigenvalue weighted by atomic mass is 16.1. The van der Waals surface area contributed by atoms with E-state index in [0.717, 1.165) is 18.7 Å². The van der Waals surface area contributed by atoms with Crippen molar-refractivity contribution in [2.24, 2.45) is 10.7 Å². The van der Waals surface area contributed by atoms with Gasteiger partial charge in [0.25, 0.3) is 5.91 Å². The van der Waals surface area contributed by atoms with Crippen molar-refractivity contribution in [3.63, 3.8) is 0 Å². The molecule has 106 valence electrons. The summed E-state index contributed by atoms with van der Waals surface area (Å²) in [5.74, 6) is -0.182. The zero-order chi connectivity index (χ0) is 14.7. The number of nitrogens with zero attached hydrogens (tertiary/aromatic N) is 1. The number of fused-ring (bicyclic) bond motifs is 1. The summed E-state index contributed by atoms with van der Waals surface area (Å²) in [6.07, 6.45) is 1.03. The Hall–Kier alpha value is -2.82. The van der Waals surface area contributed by atoms with Gasteiger partial charge in [0, 0.05) is 17.8 Å². The molecule has 0 aliphatic carbocycles. The molecule has 0 atom stereocenters. The predicted molar refractivity (Wildman–Crippen MR) is 83.8 cm³/mol. The van der Waals surface area contributed by atoms with Crippen LogP contribution in [0.3, 0.4) is 0 Å². The van der Waals surface area contributed by atoms with Crippen molar-refractivity contribution in [2.45, 2.75) is 6.42 Å². The molecule has 5 nitrogen and oxygen atoms in total. The Balaban J connectivity index is 1.73. The number of guanidine groups is 1. The Labute approximate surface area is 122 Å². The Morgan fingerprint density at radius 2 is 2.00 bits per heavy atom. The zero-order valence-electron chi connectivity index (χ0n) is 11.5. The van der Waals surface area contributed by atoms with Gasteiger partial charge in [-0.1, -0.05) is 24.3 Å². The maximum absolute atomic E-state index is 11.9. The Morgan fingerprint density at radius 1 is 1.19 bits per heavy atom. The van der Waals surface area contributed by atoms with Crippen molar-refractivity contribution in [3.8, 4) is 0 Å². The summed E-state index contributed by atoms with van der Waals surface area (Å²) in [6, 6.07) is 14.8. The first-order chi connectivity index (χ1) is 10.2. The average Bonchev–Trinajstić information content (AvgIpc) is 2.95. The van der Waals surface area contributed by atoms with Crippen LogP contribution in [0, 0.1) is 0 Å². The van der Waals surface area contributed by atoms with Gasteiger partial charge in [0.15, 0.2) is 0 Å². The van der Waals surface area contributed by atoms with Gasteiger partial charge in [0.05, 0.1) is 5.69 Å². The van der Waals surface area contributed by atoms with E-state index in [2.05, 4.69) is 15.6 Å². The molecule has 5 heteroatoms. The lowest BCUT2D eigenvalue weighted by molar-refractivity contribution is 0.0976. The third kappa shape index (κ3) is 3.02. The van der Waals surface area contributed by atoms with Gasteiger partial charge < -0.3 is 11.1 Å². The number of carbonyl (C=O) groups excluding carboxylic acids is 1. The van der Waals surface area contributed by atoms with E-state index in [1.54, 1.807) is 24.3 Å². The van der Waals surface area contributed by atoms with E-state index in [9.17, 15) is 4.79 Å². The average molecular weight is 280 g/mol. The van der Waals surface area contributed by atoms with E-state index >= 15 is 0 Å². The quantitative estimate of drug-likeness (QED) is 0.581. The Kier molecular flexibility index (Phi) is 3.55. The van der Waals surface area contributed by atoms with Crippen molar-refractivity contribution in [2.75, 3.05) is 11.9 Å². The number of amides is 1. The lowest BCUT2D eigenvalue weighted by Crippen LogP contribution is -2.36. The van der Waals surface area contributed by atoms with Gasteiger partial charge in [-0.05, 0) is 36.2 Å². The highest BCUT2D eigenvalue weighted by molar-refractivity contribution is 6.05. The number of nitrogens with two attached hydrogens (primary N) is 1. The van der Waals surface area contributed by atoms with Crippen molar-refractivity contribution in [3.05, 3.63) is 59.7 Å². The van der Waals surface area contributed by atoms with Crippen molar-refractivity contribution in [1.29, 1.82) is 0 Å². The molecule has 1 aliphatic rings. The van der Waals surface area contributed by atoms with Crippen LogP contribution in [-0.4, -0.2) is 18.4 Å². The van der Waals surface area contributed by atoms with Crippen LogP contribution in [0.2, 0.25) is 0 Å². The summed E-state index contributed by atoms with van der Waals surface area (Å²) in [5, 5.41) is 5.86. The minimum atomic E-state index is -0.267. The third-order valence-corrected chi connectivity index (χ3v) is 3.33. The Morgan fingerprint density at radius 3 is 2.81 bits per heavy atom. The number of hydrogen-bond donors (Lipinski definition) is 3. The summed E-state index contributed by atoms with van der Waals surface area (Å²) < 4.78 is 0. The van der Waals surface area contributed by atoms with Crippen LogP contribution < -0.4 is 16.4 Å². The first-order valence-corrected chi connectivity index (χ1v) is 6.80. The fourth-order valence-corrected chi connectivity index (χ4v) is 2.29. The summed E-state index contributed by atoms with van der Waals surface area (Å²) >= 11 is 0. The van der Waals surface area contributed by atoms with Gasteiger partial charge >= 0.3 is 0 Å². The normalized spacial score (nSPS) is 13.4. The van der Waals surface area contributed by atoms with Gasteiger partial charge in [-0.15, -0.1) is 0 Å². The number of carbonyl (C=O) groups is 1. The number of nitrogens with one attached hydrogen (secondary N) is 2. The second-order valence-electron chi connectivity index (χ2n) is 4.84. The van der Waals surface area contributed by atoms with Gasteiger partial charge in [0.2, 0.25) is 5.96 Å². The van der Waals surface area contributed by atoms with Crippen LogP contribution in [0.25, 0.3) is 0 Å². The van der Waals surface area contributed by atoms with Gasteiger partial charge in [0.1, 0.15) is 0 Å². The Bertz CT molecular complexity index is 695. The van der Waals surface area contributed by atoms with E-state index in [-0.39, 0.29) is 11.9 Å². The minimum Gasteiger partial charge on any atom is -0.384 e. The molecule has 3 rings (SSSR count). The smallest absolute Gasteiger partial charge is 0.257 e. The summed E-state index contributed by atoms with van der Waals surface area (Å²) in [6.45, 7) is 0.947. The van der Waals surface area contributed by atoms with Crippen LogP contribution in [0.15, 0.2) is 53.5 Å². The second-order valence-corrected chi connectivity index (χ2v) is 4.84. The van der Waals surface area contributed by atoms with E-state index in [4.69, 9.17) is 5.73 Å². The standard InChI is InChI=1S/C16H16N4O/c17-16(20-15(21)12-4-2-1-3-5-12)19-13-7-6-11-8-9-18-14(11)10-13/h1-7,10,18H,8-9H2,(H3,17,19,20,21). The van der Waals surface area contributed by atoms with Gasteiger partial charge in [-0.25, -0.2) is 4.99 Å². The molecular formula is C16H16N4O. The molecule has 1 amide bonds. The molecule has 0 bridgehead atoms. The number of hydrogen-bond acceptors (Lipinski definition) is 3. The molecule has 1 heterocycles. The SMILES string of the molecule is NC(=Nc1ccc2c(c1)NCC2)NC(=O)c1ccccc1. The highest BCUT2D eigenvalue weighted by Crippen LogP contribution is 2.26. The lowest BCUT2D eigenvalue weighted by Gasteiger charge is -2.05. The first-order valence-electron chi connectivity index (χ1n) is 6.80. The highest BCUT2D eigenvalue weighted by Gasteiger charge is 2.10. The topological polar surface area (TPSA) is 79.5 Å². The zero-order valence-corrected chi connectivity index (χ0v) is 11.5. The molecule has 1 aliphatic heterocycles. The number of benzene rings is 2. The summed E-state index contributed by atoms with van der Waals surface area (Å²) in [4.78, 5) is 16.2. The molecule has 0 fully saturated rings. The van der Waals surface area contributed by atoms with E-state index in [0.29, 0.717) is 11.3 Å². The fraction of sp³-hybridized carbons (Fsp3) is 0.125. The van der Waals surface area contributed by atoms with Gasteiger partial charge in [-0.3, -0.25) is 10.1 Å². The van der Waals surface area contributed by atoms with Crippen LogP contribution in [0.5, 0.6) is 0 Å². The van der Waals surface area contributed by atoms with E-state index in [1.807, 2.05) is 24.3 Å². The maximum atomic E-state index is 11.9. The van der Waals surface area contributed by atoms with Crippen LogP contribution in [-0.2, 0) is 6.42 Å². The second kappa shape index (κ2) is 5.66. The molecule has 4 N–H and O–H groups in total. The van der Waals surface area contributed by atoms with E-state index in [1.165, 1.54) is 5.56 Å². The summed E-state index contributed by atoms with van der Waals surface area (Å²) in [5.41, 5.74) is 9.41. The molecule has 2 aromatic carbocycles. The largest absolute Gasteiger partial charge is 0.384 e. The molecule has 0 spiro atoms. The molecule has 0 radical (unpaired) electrons. The van der Waals surface area contributed by atoms with Crippen molar-refractivity contribution < 1.29 is 4.79 Å². The van der Waals surface area contributed by atoms with Crippen LogP contribution in [0.1, 0.15) is 15.9 Å². The number of aliphatic imine (C=N–C) groups is 1. The molecule has 0 saturated carbocycles. The molecule has 0 unspecified atom stereocenters. The number of anilines is 1. The molecule has 0 aromatic heterocycles. The first kappa shape index (κ1) is 13.2. The number of rotatable bonds is 2. The van der Waals surface area contributed by atoms with Crippen LogP contribution in [0.4, 0.5) is 11.4 Å². The van der Waals surface area contributed by atoms with Crippen LogP contribution >= 0.6 is 0 Å². The summed E-state index contributed by atoms with van der Waals surface area (Å²) in [7, 11) is 0. The lowest BCUT2D eigenvalue weighted by atomic mass is 10.1. The molecular weight excluding hydrogens is 264 g/mol. The molecule has 21 heavy (non-hydrogen) atoms. The molecule has 2 aromatic rings. The molecule has 0 saturated heterocycles. The monoisotopic (exact) mass is 280 g/mol. The van der Waals surface area contributed by atoms with E-state index < -0.39 is 0 Å². The van der Waals surface area contributed by atoms with Crippen molar-refractivity contribution in [1.82, 2.24) is 5.32 Å². The fourth-order valence-electron chi connectivity index (χ4n) is 2.29. The third-order valence-electron chi connectivity index (χ3n) is 3.33.